The van der Waals surface area contributed by atoms with Crippen LogP contribution in [-0.2, 0) is 4.74 Å². The molecule has 3 fully saturated rings. The van der Waals surface area contributed by atoms with E-state index < -0.39 is 0 Å². The first-order valence-electron chi connectivity index (χ1n) is 7.61. The molecule has 19 heavy (non-hydrogen) atoms. The van der Waals surface area contributed by atoms with E-state index in [1.54, 1.807) is 0 Å². The summed E-state index contributed by atoms with van der Waals surface area (Å²) in [6.07, 6.45) is 11.5. The Morgan fingerprint density at radius 2 is 2.21 bits per heavy atom. The first kappa shape index (κ1) is 11.9. The van der Waals surface area contributed by atoms with Crippen molar-refractivity contribution in [1.82, 2.24) is 9.55 Å². The van der Waals surface area contributed by atoms with Crippen LogP contribution in [0, 0.1) is 5.92 Å². The second-order valence-corrected chi connectivity index (χ2v) is 6.54. The lowest BCUT2D eigenvalue weighted by Crippen LogP contribution is -2.46. The Bertz CT molecular complexity index is 462. The Balaban J connectivity index is 1.52. The van der Waals surface area contributed by atoms with Crippen molar-refractivity contribution in [3.05, 3.63) is 18.2 Å². The molecule has 3 aliphatic rings. The number of aliphatic hydroxyl groups is 1. The number of hydrogen-bond acceptors (Lipinski definition) is 3. The summed E-state index contributed by atoms with van der Waals surface area (Å²) in [5.74, 6) is 0.336. The average molecular weight is 262 g/mol. The molecule has 0 bridgehead atoms. The number of nitrogens with zero attached hydrogens (tertiary/aromatic N) is 2. The summed E-state index contributed by atoms with van der Waals surface area (Å²) in [6.45, 7) is 0.805. The van der Waals surface area contributed by atoms with Gasteiger partial charge >= 0.3 is 0 Å². The molecule has 1 aliphatic heterocycles. The van der Waals surface area contributed by atoms with E-state index >= 15 is 0 Å². The van der Waals surface area contributed by atoms with Crippen LogP contribution in [0.4, 0.5) is 0 Å². The van der Waals surface area contributed by atoms with E-state index in [0.717, 1.165) is 25.1 Å². The Hall–Kier alpha value is -0.870. The highest BCUT2D eigenvalue weighted by Crippen LogP contribution is 2.47. The van der Waals surface area contributed by atoms with Crippen LogP contribution in [0.5, 0.6) is 0 Å². The monoisotopic (exact) mass is 262 g/mol. The standard InChI is InChI=1S/C15H22N2O2/c18-14(13-9-16-10-17(13)12-2-3-12)11-4-7-19-15(8-11)5-1-6-15/h9-12,14,18H,1-8H2. The van der Waals surface area contributed by atoms with Crippen LogP contribution in [0.3, 0.4) is 0 Å². The molecule has 1 aromatic rings. The van der Waals surface area contributed by atoms with Crippen LogP contribution in [0.2, 0.25) is 0 Å². The van der Waals surface area contributed by atoms with Crippen molar-refractivity contribution in [2.75, 3.05) is 6.61 Å². The summed E-state index contributed by atoms with van der Waals surface area (Å²) in [6, 6.07) is 0.588. The van der Waals surface area contributed by atoms with Crippen LogP contribution in [-0.4, -0.2) is 26.9 Å². The Kier molecular flexibility index (Phi) is 2.71. The maximum absolute atomic E-state index is 10.7. The van der Waals surface area contributed by atoms with Gasteiger partial charge in [0.05, 0.1) is 29.9 Å². The maximum Gasteiger partial charge on any atom is 0.0985 e. The Morgan fingerprint density at radius 3 is 2.89 bits per heavy atom. The van der Waals surface area contributed by atoms with Crippen LogP contribution in [0.15, 0.2) is 12.5 Å². The smallest absolute Gasteiger partial charge is 0.0985 e. The lowest BCUT2D eigenvalue weighted by atomic mass is 9.70. The third kappa shape index (κ3) is 2.01. The maximum atomic E-state index is 10.7. The van der Waals surface area contributed by atoms with Gasteiger partial charge in [0.25, 0.3) is 0 Å². The van der Waals surface area contributed by atoms with Crippen molar-refractivity contribution < 1.29 is 9.84 Å². The molecule has 0 radical (unpaired) electrons. The average Bonchev–Trinajstić information content (AvgIpc) is 3.14. The fraction of sp³-hybridized carbons (Fsp3) is 0.800. The van der Waals surface area contributed by atoms with E-state index in [9.17, 15) is 5.11 Å². The number of rotatable bonds is 3. The largest absolute Gasteiger partial charge is 0.387 e. The van der Waals surface area contributed by atoms with Gasteiger partial charge in [0, 0.05) is 12.6 Å². The van der Waals surface area contributed by atoms with Crippen molar-refractivity contribution >= 4 is 0 Å². The first-order valence-corrected chi connectivity index (χ1v) is 7.61. The SMILES string of the molecule is OC(c1cncn1C1CC1)C1CCOC2(CCC2)C1. The summed E-state index contributed by atoms with van der Waals surface area (Å²) in [4.78, 5) is 4.24. The molecule has 2 heterocycles. The van der Waals surface area contributed by atoms with Gasteiger partial charge < -0.3 is 14.4 Å². The fourth-order valence-corrected chi connectivity index (χ4v) is 3.70. The first-order chi connectivity index (χ1) is 9.27. The zero-order chi connectivity index (χ0) is 12.9. The van der Waals surface area contributed by atoms with Gasteiger partial charge in [0.2, 0.25) is 0 Å². The number of aliphatic hydroxyl groups excluding tert-OH is 1. The van der Waals surface area contributed by atoms with Gasteiger partial charge in [-0.05, 0) is 50.9 Å². The van der Waals surface area contributed by atoms with Gasteiger partial charge in [0.1, 0.15) is 0 Å². The van der Waals surface area contributed by atoms with E-state index in [1.807, 2.05) is 12.5 Å². The second-order valence-electron chi connectivity index (χ2n) is 6.54. The minimum Gasteiger partial charge on any atom is -0.387 e. The van der Waals surface area contributed by atoms with Gasteiger partial charge in [-0.15, -0.1) is 0 Å². The molecule has 4 nitrogen and oxygen atoms in total. The number of imidazole rings is 1. The molecule has 0 aromatic carbocycles. The fourth-order valence-electron chi connectivity index (χ4n) is 3.70. The molecule has 1 aromatic heterocycles. The summed E-state index contributed by atoms with van der Waals surface area (Å²) >= 11 is 0. The van der Waals surface area contributed by atoms with Gasteiger partial charge in [-0.3, -0.25) is 0 Å². The Morgan fingerprint density at radius 1 is 1.37 bits per heavy atom. The summed E-state index contributed by atoms with van der Waals surface area (Å²) < 4.78 is 8.14. The molecule has 4 heteroatoms. The molecule has 2 atom stereocenters. The van der Waals surface area contributed by atoms with E-state index in [1.165, 1.54) is 32.1 Å². The van der Waals surface area contributed by atoms with E-state index in [-0.39, 0.29) is 11.7 Å². The van der Waals surface area contributed by atoms with Crippen LogP contribution in [0.25, 0.3) is 0 Å². The molecule has 4 rings (SSSR count). The third-order valence-corrected chi connectivity index (χ3v) is 5.18. The van der Waals surface area contributed by atoms with Crippen molar-refractivity contribution in [3.8, 4) is 0 Å². The number of ether oxygens (including phenoxy) is 1. The molecule has 1 saturated heterocycles. The summed E-state index contributed by atoms with van der Waals surface area (Å²) in [5.41, 5.74) is 1.12. The molecule has 2 saturated carbocycles. The molecular weight excluding hydrogens is 240 g/mol. The van der Waals surface area contributed by atoms with Crippen molar-refractivity contribution in [2.24, 2.45) is 5.92 Å². The lowest BCUT2D eigenvalue weighted by molar-refractivity contribution is -0.157. The van der Waals surface area contributed by atoms with E-state index in [2.05, 4.69) is 9.55 Å². The highest BCUT2D eigenvalue weighted by atomic mass is 16.5. The minimum atomic E-state index is -0.371. The quantitative estimate of drug-likeness (QED) is 0.910. The zero-order valence-corrected chi connectivity index (χ0v) is 11.3. The number of aromatic nitrogens is 2. The van der Waals surface area contributed by atoms with Crippen molar-refractivity contribution in [2.45, 2.75) is 62.7 Å². The summed E-state index contributed by atoms with van der Waals surface area (Å²) in [5, 5.41) is 10.7. The lowest BCUT2D eigenvalue weighted by Gasteiger charge is -2.48. The second kappa shape index (κ2) is 4.32. The van der Waals surface area contributed by atoms with Gasteiger partial charge in [-0.1, -0.05) is 0 Å². The van der Waals surface area contributed by atoms with E-state index in [0.29, 0.717) is 12.0 Å². The molecule has 0 amide bonds. The van der Waals surface area contributed by atoms with Gasteiger partial charge in [-0.25, -0.2) is 4.98 Å². The molecule has 2 unspecified atom stereocenters. The molecular formula is C15H22N2O2. The van der Waals surface area contributed by atoms with Crippen LogP contribution < -0.4 is 0 Å². The van der Waals surface area contributed by atoms with E-state index in [4.69, 9.17) is 4.74 Å². The molecule has 104 valence electrons. The predicted octanol–water partition coefficient (Wildman–Crippen LogP) is 2.60. The van der Waals surface area contributed by atoms with Crippen molar-refractivity contribution in [1.29, 1.82) is 0 Å². The highest BCUT2D eigenvalue weighted by molar-refractivity contribution is 5.09. The molecule has 1 N–H and O–H groups in total. The van der Waals surface area contributed by atoms with Gasteiger partial charge in [0.15, 0.2) is 0 Å². The molecule has 1 spiro atoms. The minimum absolute atomic E-state index is 0.105. The zero-order valence-electron chi connectivity index (χ0n) is 11.3. The third-order valence-electron chi connectivity index (χ3n) is 5.18. The topological polar surface area (TPSA) is 47.3 Å². The highest BCUT2D eigenvalue weighted by Gasteiger charge is 2.45. The van der Waals surface area contributed by atoms with Gasteiger partial charge in [-0.2, -0.15) is 0 Å². The van der Waals surface area contributed by atoms with Crippen LogP contribution in [0.1, 0.15) is 62.8 Å². The normalized spacial score (nSPS) is 31.1. The predicted molar refractivity (Wildman–Crippen MR) is 70.7 cm³/mol. The Labute approximate surface area is 113 Å². The van der Waals surface area contributed by atoms with Crippen molar-refractivity contribution in [3.63, 3.8) is 0 Å². The summed E-state index contributed by atoms with van der Waals surface area (Å²) in [7, 11) is 0. The number of hydrogen-bond donors (Lipinski definition) is 1. The van der Waals surface area contributed by atoms with Crippen LogP contribution >= 0.6 is 0 Å². The molecule has 2 aliphatic carbocycles.